The zero-order valence-corrected chi connectivity index (χ0v) is 12.7. The minimum atomic E-state index is -0.277. The molecule has 0 spiro atoms. The fourth-order valence-corrected chi connectivity index (χ4v) is 3.40. The number of halogens is 2. The van der Waals surface area contributed by atoms with E-state index in [0.29, 0.717) is 35.0 Å². The molecule has 3 atom stereocenters. The summed E-state index contributed by atoms with van der Waals surface area (Å²) < 4.78 is 0. The van der Waals surface area contributed by atoms with E-state index in [2.05, 4.69) is 5.32 Å². The molecule has 1 unspecified atom stereocenters. The van der Waals surface area contributed by atoms with Gasteiger partial charge < -0.3 is 16.2 Å². The topological polar surface area (TPSA) is 75.4 Å². The molecule has 110 valence electrons. The number of primary amides is 1. The van der Waals surface area contributed by atoms with Crippen LogP contribution in [0.1, 0.15) is 31.4 Å². The third-order valence-electron chi connectivity index (χ3n) is 4.00. The van der Waals surface area contributed by atoms with Gasteiger partial charge in [0.25, 0.3) is 0 Å². The maximum atomic E-state index is 11.4. The molecule has 1 aliphatic rings. The summed E-state index contributed by atoms with van der Waals surface area (Å²) in [6.45, 7) is 2.63. The van der Waals surface area contributed by atoms with Crippen LogP contribution in [0.2, 0.25) is 10.0 Å². The van der Waals surface area contributed by atoms with Crippen molar-refractivity contribution in [3.05, 3.63) is 27.7 Å². The predicted octanol–water partition coefficient (Wildman–Crippen LogP) is 2.86. The monoisotopic (exact) mass is 316 g/mol. The summed E-state index contributed by atoms with van der Waals surface area (Å²) >= 11 is 12.2. The fraction of sp³-hybridized carbons (Fsp3) is 0.500. The van der Waals surface area contributed by atoms with E-state index in [4.69, 9.17) is 28.9 Å². The number of amides is 1. The Morgan fingerprint density at radius 2 is 2.25 bits per heavy atom. The Morgan fingerprint density at radius 1 is 1.55 bits per heavy atom. The summed E-state index contributed by atoms with van der Waals surface area (Å²) in [5.74, 6) is -0.171. The smallest absolute Gasteiger partial charge is 0.220 e. The molecule has 1 heterocycles. The number of aromatic hydroxyl groups is 1. The molecule has 6 heteroatoms. The number of hydrogen-bond donors (Lipinski definition) is 3. The molecule has 1 aromatic carbocycles. The van der Waals surface area contributed by atoms with Crippen molar-refractivity contribution in [2.45, 2.75) is 25.8 Å². The molecule has 0 saturated carbocycles. The molecule has 0 bridgehead atoms. The summed E-state index contributed by atoms with van der Waals surface area (Å²) in [6.07, 6.45) is 1.42. The first kappa shape index (κ1) is 15.4. The van der Waals surface area contributed by atoms with Crippen LogP contribution in [0.5, 0.6) is 5.75 Å². The van der Waals surface area contributed by atoms with E-state index in [1.165, 1.54) is 6.07 Å². The van der Waals surface area contributed by atoms with Crippen LogP contribution in [0, 0.1) is 11.8 Å². The summed E-state index contributed by atoms with van der Waals surface area (Å²) in [4.78, 5) is 11.4. The van der Waals surface area contributed by atoms with Crippen LogP contribution >= 0.6 is 23.2 Å². The highest BCUT2D eigenvalue weighted by Gasteiger charge is 2.35. The maximum Gasteiger partial charge on any atom is 0.220 e. The number of benzene rings is 1. The Hall–Kier alpha value is -0.970. The lowest BCUT2D eigenvalue weighted by Gasteiger charge is -2.19. The van der Waals surface area contributed by atoms with Gasteiger partial charge in [-0.25, -0.2) is 0 Å². The molecule has 1 fully saturated rings. The van der Waals surface area contributed by atoms with Gasteiger partial charge in [-0.05, 0) is 37.4 Å². The SMILES string of the molecule is CCC(C(N)=O)[C@H]1CN[C@@H](c2c(O)ccc(Cl)c2Cl)C1. The van der Waals surface area contributed by atoms with E-state index >= 15 is 0 Å². The minimum absolute atomic E-state index is 0.111. The largest absolute Gasteiger partial charge is 0.508 e. The number of hydrogen-bond acceptors (Lipinski definition) is 3. The second-order valence-electron chi connectivity index (χ2n) is 5.17. The lowest BCUT2D eigenvalue weighted by Crippen LogP contribution is -2.30. The highest BCUT2D eigenvalue weighted by Crippen LogP contribution is 2.42. The Kier molecular flexibility index (Phi) is 4.78. The number of phenols is 1. The average Bonchev–Trinajstić information content (AvgIpc) is 2.84. The normalized spacial score (nSPS) is 23.8. The number of carbonyl (C=O) groups excluding carboxylic acids is 1. The van der Waals surface area contributed by atoms with E-state index in [0.717, 1.165) is 0 Å². The van der Waals surface area contributed by atoms with Gasteiger partial charge in [-0.2, -0.15) is 0 Å². The predicted molar refractivity (Wildman–Crippen MR) is 80.0 cm³/mol. The van der Waals surface area contributed by atoms with E-state index in [-0.39, 0.29) is 29.5 Å². The highest BCUT2D eigenvalue weighted by atomic mass is 35.5. The quantitative estimate of drug-likeness (QED) is 0.799. The fourth-order valence-electron chi connectivity index (χ4n) is 2.94. The molecule has 0 aromatic heterocycles. The number of rotatable bonds is 4. The lowest BCUT2D eigenvalue weighted by molar-refractivity contribution is -0.123. The first-order valence-corrected chi connectivity index (χ1v) is 7.40. The molecule has 0 aliphatic carbocycles. The van der Waals surface area contributed by atoms with E-state index in [1.54, 1.807) is 6.07 Å². The van der Waals surface area contributed by atoms with E-state index in [9.17, 15) is 9.90 Å². The van der Waals surface area contributed by atoms with Crippen LogP contribution in [0.25, 0.3) is 0 Å². The number of phenolic OH excluding ortho intramolecular Hbond substituents is 1. The van der Waals surface area contributed by atoms with Gasteiger partial charge in [0.2, 0.25) is 5.91 Å². The summed E-state index contributed by atoms with van der Waals surface area (Å²) in [5, 5.41) is 14.1. The third kappa shape index (κ3) is 2.87. The molecule has 1 aliphatic heterocycles. The van der Waals surface area contributed by atoms with Gasteiger partial charge in [0.05, 0.1) is 10.0 Å². The van der Waals surface area contributed by atoms with Gasteiger partial charge in [-0.3, -0.25) is 4.79 Å². The van der Waals surface area contributed by atoms with Crippen LogP contribution in [-0.4, -0.2) is 17.6 Å². The summed E-state index contributed by atoms with van der Waals surface area (Å²) in [5.41, 5.74) is 6.03. The average molecular weight is 317 g/mol. The molecule has 1 amide bonds. The van der Waals surface area contributed by atoms with Crippen molar-refractivity contribution in [1.29, 1.82) is 0 Å². The molecular formula is C14H18Cl2N2O2. The van der Waals surface area contributed by atoms with Gasteiger partial charge >= 0.3 is 0 Å². The Morgan fingerprint density at radius 3 is 2.85 bits per heavy atom. The van der Waals surface area contributed by atoms with Gasteiger partial charge in [0.15, 0.2) is 0 Å². The van der Waals surface area contributed by atoms with Crippen LogP contribution in [0.4, 0.5) is 0 Å². The number of carbonyl (C=O) groups is 1. The second kappa shape index (κ2) is 6.20. The van der Waals surface area contributed by atoms with Crippen molar-refractivity contribution in [1.82, 2.24) is 5.32 Å². The second-order valence-corrected chi connectivity index (χ2v) is 5.95. The molecule has 1 saturated heterocycles. The van der Waals surface area contributed by atoms with Crippen molar-refractivity contribution in [3.63, 3.8) is 0 Å². The first-order chi connectivity index (χ1) is 9.45. The molecule has 20 heavy (non-hydrogen) atoms. The zero-order valence-electron chi connectivity index (χ0n) is 11.2. The van der Waals surface area contributed by atoms with Crippen LogP contribution in [-0.2, 0) is 4.79 Å². The Bertz CT molecular complexity index is 522. The molecular weight excluding hydrogens is 299 g/mol. The molecule has 4 nitrogen and oxygen atoms in total. The van der Waals surface area contributed by atoms with Crippen molar-refractivity contribution in [2.75, 3.05) is 6.54 Å². The maximum absolute atomic E-state index is 11.4. The van der Waals surface area contributed by atoms with Crippen LogP contribution in [0.3, 0.4) is 0 Å². The number of nitrogens with one attached hydrogen (secondary N) is 1. The lowest BCUT2D eigenvalue weighted by atomic mass is 9.86. The standard InChI is InChI=1S/C14H18Cl2N2O2/c1-2-8(14(17)20)7-5-10(18-6-7)12-11(19)4-3-9(15)13(12)16/h3-4,7-8,10,18-19H,2,5-6H2,1H3,(H2,17,20)/t7-,8?,10-/m1/s1. The summed E-state index contributed by atoms with van der Waals surface area (Å²) in [7, 11) is 0. The van der Waals surface area contributed by atoms with Crippen molar-refractivity contribution >= 4 is 29.1 Å². The third-order valence-corrected chi connectivity index (χ3v) is 4.82. The zero-order chi connectivity index (χ0) is 14.9. The summed E-state index contributed by atoms with van der Waals surface area (Å²) in [6, 6.07) is 2.98. The Balaban J connectivity index is 2.22. The van der Waals surface area contributed by atoms with Gasteiger partial charge in [-0.15, -0.1) is 0 Å². The van der Waals surface area contributed by atoms with Gasteiger partial charge in [-0.1, -0.05) is 30.1 Å². The molecule has 1 aromatic rings. The van der Waals surface area contributed by atoms with E-state index in [1.807, 2.05) is 6.92 Å². The highest BCUT2D eigenvalue weighted by molar-refractivity contribution is 6.42. The molecule has 0 radical (unpaired) electrons. The molecule has 4 N–H and O–H groups in total. The first-order valence-electron chi connectivity index (χ1n) is 6.65. The van der Waals surface area contributed by atoms with Crippen molar-refractivity contribution < 1.29 is 9.90 Å². The molecule has 2 rings (SSSR count). The minimum Gasteiger partial charge on any atom is -0.508 e. The number of nitrogens with two attached hydrogens (primary N) is 1. The van der Waals surface area contributed by atoms with Gasteiger partial charge in [0.1, 0.15) is 5.75 Å². The van der Waals surface area contributed by atoms with Crippen LogP contribution in [0.15, 0.2) is 12.1 Å². The van der Waals surface area contributed by atoms with E-state index < -0.39 is 0 Å². The van der Waals surface area contributed by atoms with Crippen molar-refractivity contribution in [2.24, 2.45) is 17.6 Å². The van der Waals surface area contributed by atoms with Crippen molar-refractivity contribution in [3.8, 4) is 5.75 Å². The van der Waals surface area contributed by atoms with Gasteiger partial charge in [0, 0.05) is 17.5 Å². The Labute approximate surface area is 128 Å². The van der Waals surface area contributed by atoms with Crippen LogP contribution < -0.4 is 11.1 Å².